The smallest absolute Gasteiger partial charge is 0.164 e. The predicted molar refractivity (Wildman–Crippen MR) is 226 cm³/mol. The Morgan fingerprint density at radius 3 is 1.88 bits per heavy atom. The molecule has 56 heavy (non-hydrogen) atoms. The van der Waals surface area contributed by atoms with Gasteiger partial charge in [-0.3, -0.25) is 4.98 Å². The van der Waals surface area contributed by atoms with Crippen LogP contribution in [0.25, 0.3) is 122 Å². The Morgan fingerprint density at radius 2 is 0.982 bits per heavy atom. The Kier molecular flexibility index (Phi) is 6.53. The molecule has 6 heteroatoms. The molecule has 12 rings (SSSR count). The molecule has 0 saturated carbocycles. The second kappa shape index (κ2) is 11.9. The van der Waals surface area contributed by atoms with Crippen molar-refractivity contribution in [1.29, 1.82) is 0 Å². The number of benzene rings is 8. The van der Waals surface area contributed by atoms with E-state index in [0.717, 1.165) is 104 Å². The first-order valence-electron chi connectivity index (χ1n) is 18.6. The molecule has 6 nitrogen and oxygen atoms in total. The van der Waals surface area contributed by atoms with E-state index in [2.05, 4.69) is 132 Å². The Hall–Kier alpha value is -7.70. The van der Waals surface area contributed by atoms with Crippen LogP contribution in [0, 0.1) is 0 Å². The highest BCUT2D eigenvalue weighted by Gasteiger charge is 2.19. The van der Waals surface area contributed by atoms with Crippen molar-refractivity contribution in [3.63, 3.8) is 0 Å². The number of nitrogens with zero attached hydrogens (tertiary/aromatic N) is 4. The molecule has 4 aromatic heterocycles. The summed E-state index contributed by atoms with van der Waals surface area (Å²) in [4.78, 5) is 20.2. The summed E-state index contributed by atoms with van der Waals surface area (Å²) in [5.41, 5.74) is 8.98. The maximum Gasteiger partial charge on any atom is 0.164 e. The Bertz CT molecular complexity index is 3560. The zero-order chi connectivity index (χ0) is 36.7. The fraction of sp³-hybridized carbons (Fsp3) is 0. The first-order chi connectivity index (χ1) is 27.7. The first-order valence-corrected chi connectivity index (χ1v) is 18.6. The minimum Gasteiger partial charge on any atom is -0.456 e. The van der Waals surface area contributed by atoms with Crippen LogP contribution in [0.5, 0.6) is 0 Å². The summed E-state index contributed by atoms with van der Waals surface area (Å²) in [6.45, 7) is 0. The van der Waals surface area contributed by atoms with Gasteiger partial charge in [-0.15, -0.1) is 0 Å². The van der Waals surface area contributed by atoms with E-state index in [1.807, 2.05) is 42.6 Å². The molecule has 0 atom stereocenters. The van der Waals surface area contributed by atoms with E-state index in [9.17, 15) is 0 Å². The Balaban J connectivity index is 1.10. The normalized spacial score (nSPS) is 11.9. The molecule has 0 spiro atoms. The highest BCUT2D eigenvalue weighted by Crippen LogP contribution is 2.42. The average molecular weight is 717 g/mol. The molecule has 260 valence electrons. The van der Waals surface area contributed by atoms with Gasteiger partial charge in [-0.05, 0) is 93.3 Å². The van der Waals surface area contributed by atoms with Crippen molar-refractivity contribution < 1.29 is 8.83 Å². The zero-order valence-electron chi connectivity index (χ0n) is 29.8. The van der Waals surface area contributed by atoms with Crippen LogP contribution in [-0.2, 0) is 0 Å². The molecule has 0 unspecified atom stereocenters. The fourth-order valence-corrected chi connectivity index (χ4v) is 8.24. The van der Waals surface area contributed by atoms with Gasteiger partial charge in [0.2, 0.25) is 0 Å². The number of pyridine rings is 1. The van der Waals surface area contributed by atoms with E-state index in [0.29, 0.717) is 17.5 Å². The molecule has 0 aliphatic rings. The molecule has 0 saturated heterocycles. The highest BCUT2D eigenvalue weighted by atomic mass is 16.3. The Morgan fingerprint density at radius 1 is 0.339 bits per heavy atom. The van der Waals surface area contributed by atoms with Crippen molar-refractivity contribution in [2.45, 2.75) is 0 Å². The van der Waals surface area contributed by atoms with Crippen LogP contribution >= 0.6 is 0 Å². The first kappa shape index (κ1) is 30.7. The van der Waals surface area contributed by atoms with Gasteiger partial charge >= 0.3 is 0 Å². The number of aromatic nitrogens is 4. The summed E-state index contributed by atoms with van der Waals surface area (Å²) in [5.74, 6) is 1.74. The van der Waals surface area contributed by atoms with Crippen LogP contribution in [0.3, 0.4) is 0 Å². The number of fused-ring (bicyclic) bond motifs is 9. The molecule has 12 aromatic rings. The monoisotopic (exact) mass is 716 g/mol. The summed E-state index contributed by atoms with van der Waals surface area (Å²) in [7, 11) is 0. The SMILES string of the molecule is c1ccc2cc(-c3nc(-c4cc(-c5cccc6oc7cc8cccnc8cc7c56)c5ccccc5c4)nc(-c4ccc5c(c4)oc4ccccc45)n3)ccc2c1. The van der Waals surface area contributed by atoms with E-state index in [1.165, 1.54) is 0 Å². The molecule has 4 heterocycles. The fourth-order valence-electron chi connectivity index (χ4n) is 8.24. The summed E-state index contributed by atoms with van der Waals surface area (Å²) in [6.07, 6.45) is 1.83. The minimum absolute atomic E-state index is 0.567. The van der Waals surface area contributed by atoms with Crippen LogP contribution in [-0.4, -0.2) is 19.9 Å². The second-order valence-corrected chi connectivity index (χ2v) is 14.2. The molecule has 0 N–H and O–H groups in total. The minimum atomic E-state index is 0.567. The number of hydrogen-bond donors (Lipinski definition) is 0. The van der Waals surface area contributed by atoms with E-state index in [1.54, 1.807) is 0 Å². The number of para-hydroxylation sites is 1. The van der Waals surface area contributed by atoms with Gasteiger partial charge in [0.05, 0.1) is 5.52 Å². The van der Waals surface area contributed by atoms with E-state index in [-0.39, 0.29) is 0 Å². The summed E-state index contributed by atoms with van der Waals surface area (Å²) >= 11 is 0. The third kappa shape index (κ3) is 4.83. The zero-order valence-corrected chi connectivity index (χ0v) is 29.8. The van der Waals surface area contributed by atoms with Crippen molar-refractivity contribution in [3.05, 3.63) is 170 Å². The van der Waals surface area contributed by atoms with Crippen LogP contribution in [0.4, 0.5) is 0 Å². The van der Waals surface area contributed by atoms with Crippen LogP contribution in [0.1, 0.15) is 0 Å². The lowest BCUT2D eigenvalue weighted by Gasteiger charge is -2.13. The van der Waals surface area contributed by atoms with Crippen molar-refractivity contribution in [2.75, 3.05) is 0 Å². The second-order valence-electron chi connectivity index (χ2n) is 14.2. The quantitative estimate of drug-likeness (QED) is 0.180. The van der Waals surface area contributed by atoms with Gasteiger partial charge in [-0.1, -0.05) is 103 Å². The maximum atomic E-state index is 6.49. The summed E-state index contributed by atoms with van der Waals surface area (Å²) in [6, 6.07) is 56.4. The van der Waals surface area contributed by atoms with Crippen molar-refractivity contribution in [2.24, 2.45) is 0 Å². The van der Waals surface area contributed by atoms with Crippen LogP contribution in [0.2, 0.25) is 0 Å². The molecule has 8 aromatic carbocycles. The third-order valence-electron chi connectivity index (χ3n) is 10.9. The van der Waals surface area contributed by atoms with Crippen molar-refractivity contribution in [1.82, 2.24) is 19.9 Å². The largest absolute Gasteiger partial charge is 0.456 e. The lowest BCUT2D eigenvalue weighted by Crippen LogP contribution is -2.00. The van der Waals surface area contributed by atoms with Crippen molar-refractivity contribution >= 4 is 76.3 Å². The van der Waals surface area contributed by atoms with Crippen LogP contribution in [0.15, 0.2) is 179 Å². The maximum absolute atomic E-state index is 6.49. The van der Waals surface area contributed by atoms with Crippen LogP contribution < -0.4 is 0 Å². The van der Waals surface area contributed by atoms with Gasteiger partial charge in [-0.2, -0.15) is 0 Å². The van der Waals surface area contributed by atoms with E-state index >= 15 is 0 Å². The van der Waals surface area contributed by atoms with Gasteiger partial charge in [0.25, 0.3) is 0 Å². The van der Waals surface area contributed by atoms with Gasteiger partial charge in [0.1, 0.15) is 22.3 Å². The summed E-state index contributed by atoms with van der Waals surface area (Å²) < 4.78 is 12.8. The van der Waals surface area contributed by atoms with Gasteiger partial charge in [0.15, 0.2) is 17.5 Å². The lowest BCUT2D eigenvalue weighted by molar-refractivity contribution is 0.669. The lowest BCUT2D eigenvalue weighted by atomic mass is 9.92. The molecule has 0 aliphatic heterocycles. The predicted octanol–water partition coefficient (Wildman–Crippen LogP) is 13.2. The molecule has 0 fully saturated rings. The van der Waals surface area contributed by atoms with Crippen molar-refractivity contribution in [3.8, 4) is 45.3 Å². The highest BCUT2D eigenvalue weighted by molar-refractivity contribution is 6.18. The molecule has 0 amide bonds. The molecular weight excluding hydrogens is 689 g/mol. The number of rotatable bonds is 4. The topological polar surface area (TPSA) is 77.8 Å². The van der Waals surface area contributed by atoms with Gasteiger partial charge in [-0.25, -0.2) is 15.0 Å². The van der Waals surface area contributed by atoms with E-state index in [4.69, 9.17) is 23.8 Å². The molecule has 0 bridgehead atoms. The number of hydrogen-bond acceptors (Lipinski definition) is 6. The number of furan rings is 2. The Labute approximate surface area is 319 Å². The molecule has 0 radical (unpaired) electrons. The summed E-state index contributed by atoms with van der Waals surface area (Å²) in [5, 5.41) is 9.72. The van der Waals surface area contributed by atoms with Gasteiger partial charge in [0, 0.05) is 49.8 Å². The van der Waals surface area contributed by atoms with Gasteiger partial charge < -0.3 is 8.83 Å². The average Bonchev–Trinajstić information content (AvgIpc) is 3.82. The standard InChI is InChI=1S/C50H28N4O2/c1-2-10-30-23-33(19-18-29(30)9-1)48-52-49(34-20-21-38-37-14-5-6-16-43(37)55-45(38)27-34)54-50(53-48)35-24-31-11-3-4-13-36(31)40(25-35)39-15-7-17-44-47(39)41-28-42-32(12-8-22-51-42)26-46(41)56-44/h1-28H. The third-order valence-corrected chi connectivity index (χ3v) is 10.9. The molecular formula is C50H28N4O2. The van der Waals surface area contributed by atoms with E-state index < -0.39 is 0 Å². The molecule has 0 aliphatic carbocycles.